The number of esters is 1. The van der Waals surface area contributed by atoms with Crippen LogP contribution in [0.5, 0.6) is 0 Å². The molecule has 0 aromatic heterocycles. The summed E-state index contributed by atoms with van der Waals surface area (Å²) in [6.45, 7) is 9.86. The third kappa shape index (κ3) is 3.64. The Balaban J connectivity index is 0.00000117. The number of ether oxygens (including phenoxy) is 1. The summed E-state index contributed by atoms with van der Waals surface area (Å²) in [5.41, 5.74) is 2.86. The van der Waals surface area contributed by atoms with E-state index in [1.54, 1.807) is 0 Å². The maximum Gasteiger partial charge on any atom is 0.303 e. The Bertz CT molecular complexity index is 761. The van der Waals surface area contributed by atoms with E-state index in [-0.39, 0.29) is 40.9 Å². The highest BCUT2D eigenvalue weighted by atomic mass is 16.5. The van der Waals surface area contributed by atoms with Gasteiger partial charge in [-0.25, -0.2) is 0 Å². The zero-order chi connectivity index (χ0) is 21.4. The Morgan fingerprint density at radius 2 is 1.86 bits per heavy atom. The lowest BCUT2D eigenvalue weighted by molar-refractivity contribution is -0.148. The average Bonchev–Trinajstić information content (AvgIpc) is 3.05. The van der Waals surface area contributed by atoms with Crippen molar-refractivity contribution in [2.45, 2.75) is 79.6 Å². The molecule has 0 aliphatic heterocycles. The molecule has 5 unspecified atom stereocenters. The topological polar surface area (TPSA) is 60.4 Å². The number of allylic oxidation sites excluding steroid dienone is 4. The molecule has 0 bridgehead atoms. The lowest BCUT2D eigenvalue weighted by Gasteiger charge is -2.53. The first-order valence-electron chi connectivity index (χ1n) is 11.4. The molecule has 2 saturated carbocycles. The van der Waals surface area contributed by atoms with Gasteiger partial charge in [0.2, 0.25) is 0 Å². The van der Waals surface area contributed by atoms with Crippen LogP contribution in [0.25, 0.3) is 0 Å². The van der Waals surface area contributed by atoms with Crippen LogP contribution in [0.15, 0.2) is 23.3 Å². The highest BCUT2D eigenvalue weighted by Crippen LogP contribution is 2.64. The molecule has 0 heterocycles. The van der Waals surface area contributed by atoms with Gasteiger partial charge in [0.1, 0.15) is 6.61 Å². The average molecular weight is 401 g/mol. The second kappa shape index (κ2) is 8.20. The van der Waals surface area contributed by atoms with Gasteiger partial charge in [-0.3, -0.25) is 14.4 Å². The lowest BCUT2D eigenvalue weighted by Crippen LogP contribution is -2.45. The van der Waals surface area contributed by atoms with E-state index in [4.69, 9.17) is 4.74 Å². The van der Waals surface area contributed by atoms with E-state index < -0.39 is 0 Å². The van der Waals surface area contributed by atoms with Crippen LogP contribution >= 0.6 is 0 Å². The minimum absolute atomic E-state index is 0.0164. The van der Waals surface area contributed by atoms with Crippen LogP contribution in [-0.4, -0.2) is 24.1 Å². The molecular weight excluding hydrogens is 364 g/mol. The van der Waals surface area contributed by atoms with Crippen LogP contribution in [0.3, 0.4) is 0 Å². The molecule has 0 spiro atoms. The third-order valence-corrected chi connectivity index (χ3v) is 8.14. The quantitative estimate of drug-likeness (QED) is 0.482. The van der Waals surface area contributed by atoms with Crippen molar-refractivity contribution in [2.75, 3.05) is 6.61 Å². The SMILES string of the molecule is CC.CC(=O)OCC(=O)C1CCC2C3CCC4=CC(=O)CCC4(C)C3=CCC12C. The summed E-state index contributed by atoms with van der Waals surface area (Å²) in [4.78, 5) is 35.8. The van der Waals surface area contributed by atoms with Crippen molar-refractivity contribution >= 4 is 17.5 Å². The molecule has 4 aliphatic rings. The van der Waals surface area contributed by atoms with E-state index in [1.165, 1.54) is 18.1 Å². The standard InChI is InChI=1S/C23H30O4.C2H6/c1-14(24)27-13-21(26)20-7-6-18-17-5-4-15-12-16(25)8-10-22(15,2)19(17)9-11-23(18,20)3;1-2/h9,12,17-18,20H,4-8,10-11,13H2,1-3H3;1-2H3. The van der Waals surface area contributed by atoms with Crippen molar-refractivity contribution in [3.05, 3.63) is 23.3 Å². The Kier molecular flexibility index (Phi) is 6.21. The lowest BCUT2D eigenvalue weighted by atomic mass is 9.51. The van der Waals surface area contributed by atoms with Gasteiger partial charge in [0.15, 0.2) is 11.6 Å². The van der Waals surface area contributed by atoms with Crippen molar-refractivity contribution < 1.29 is 19.1 Å². The maximum atomic E-state index is 12.8. The van der Waals surface area contributed by atoms with Crippen molar-refractivity contribution in [2.24, 2.45) is 28.6 Å². The van der Waals surface area contributed by atoms with Crippen molar-refractivity contribution in [1.82, 2.24) is 0 Å². The Morgan fingerprint density at radius 1 is 1.14 bits per heavy atom. The molecule has 5 atom stereocenters. The number of rotatable bonds is 3. The van der Waals surface area contributed by atoms with Gasteiger partial charge < -0.3 is 4.74 Å². The smallest absolute Gasteiger partial charge is 0.303 e. The molecule has 4 nitrogen and oxygen atoms in total. The first-order chi connectivity index (χ1) is 13.8. The molecule has 4 aliphatic carbocycles. The molecule has 160 valence electrons. The largest absolute Gasteiger partial charge is 0.458 e. The fraction of sp³-hybridized carbons (Fsp3) is 0.720. The minimum atomic E-state index is -0.389. The molecule has 0 radical (unpaired) electrons. The molecule has 4 rings (SSSR count). The van der Waals surface area contributed by atoms with Crippen molar-refractivity contribution in [1.29, 1.82) is 0 Å². The number of fused-ring (bicyclic) bond motifs is 5. The van der Waals surface area contributed by atoms with Crippen LogP contribution in [-0.2, 0) is 19.1 Å². The van der Waals surface area contributed by atoms with Gasteiger partial charge in [0, 0.05) is 24.7 Å². The predicted octanol–water partition coefficient (Wildman–Crippen LogP) is 5.21. The number of Topliss-reactive ketones (excluding diaryl/α,β-unsaturated/α-hetero) is 1. The second-order valence-electron chi connectivity index (χ2n) is 9.47. The molecule has 0 N–H and O–H groups in total. The van der Waals surface area contributed by atoms with Gasteiger partial charge in [-0.2, -0.15) is 0 Å². The molecular formula is C25H36O4. The van der Waals surface area contributed by atoms with Crippen LogP contribution in [0.4, 0.5) is 0 Å². The Hall–Kier alpha value is -1.71. The molecule has 0 amide bonds. The summed E-state index contributed by atoms with van der Waals surface area (Å²) in [5.74, 6) is 0.986. The number of carbonyl (C=O) groups excluding carboxylic acids is 3. The monoisotopic (exact) mass is 400 g/mol. The first kappa shape index (κ1) is 22.0. The molecule has 0 aromatic rings. The minimum Gasteiger partial charge on any atom is -0.458 e. The summed E-state index contributed by atoms with van der Waals surface area (Å²) >= 11 is 0. The van der Waals surface area contributed by atoms with Gasteiger partial charge in [-0.15, -0.1) is 0 Å². The Labute approximate surface area is 175 Å². The summed E-state index contributed by atoms with van der Waals surface area (Å²) in [6.07, 6.45) is 10.9. The molecule has 0 saturated heterocycles. The summed E-state index contributed by atoms with van der Waals surface area (Å²) in [7, 11) is 0. The van der Waals surface area contributed by atoms with Gasteiger partial charge in [0.25, 0.3) is 0 Å². The van der Waals surface area contributed by atoms with Crippen molar-refractivity contribution in [3.63, 3.8) is 0 Å². The van der Waals surface area contributed by atoms with Gasteiger partial charge in [-0.1, -0.05) is 44.9 Å². The van der Waals surface area contributed by atoms with Gasteiger partial charge in [-0.05, 0) is 61.9 Å². The van der Waals surface area contributed by atoms with Crippen LogP contribution < -0.4 is 0 Å². The zero-order valence-electron chi connectivity index (χ0n) is 18.7. The molecule has 2 fully saturated rings. The highest BCUT2D eigenvalue weighted by Gasteiger charge is 2.57. The number of carbonyl (C=O) groups is 3. The van der Waals surface area contributed by atoms with Crippen LogP contribution in [0.1, 0.15) is 79.6 Å². The number of ketones is 2. The second-order valence-corrected chi connectivity index (χ2v) is 9.47. The molecule has 29 heavy (non-hydrogen) atoms. The summed E-state index contributed by atoms with van der Waals surface area (Å²) < 4.78 is 5.00. The van der Waals surface area contributed by atoms with E-state index in [2.05, 4.69) is 19.9 Å². The fourth-order valence-corrected chi connectivity index (χ4v) is 6.66. The summed E-state index contributed by atoms with van der Waals surface area (Å²) in [5, 5.41) is 0. The van der Waals surface area contributed by atoms with E-state index >= 15 is 0 Å². The van der Waals surface area contributed by atoms with E-state index in [1.807, 2.05) is 19.9 Å². The van der Waals surface area contributed by atoms with Crippen LogP contribution in [0.2, 0.25) is 0 Å². The van der Waals surface area contributed by atoms with Gasteiger partial charge >= 0.3 is 5.97 Å². The number of hydrogen-bond acceptors (Lipinski definition) is 4. The van der Waals surface area contributed by atoms with Crippen LogP contribution in [0, 0.1) is 28.6 Å². The van der Waals surface area contributed by atoms with E-state index in [9.17, 15) is 14.4 Å². The van der Waals surface area contributed by atoms with Gasteiger partial charge in [0.05, 0.1) is 0 Å². The Morgan fingerprint density at radius 3 is 2.55 bits per heavy atom. The fourth-order valence-electron chi connectivity index (χ4n) is 6.66. The number of hydrogen-bond donors (Lipinski definition) is 0. The highest BCUT2D eigenvalue weighted by molar-refractivity contribution is 5.92. The maximum absolute atomic E-state index is 12.8. The first-order valence-corrected chi connectivity index (χ1v) is 11.4. The normalized spacial score (nSPS) is 37.7. The third-order valence-electron chi connectivity index (χ3n) is 8.14. The zero-order valence-corrected chi connectivity index (χ0v) is 18.7. The van der Waals surface area contributed by atoms with E-state index in [0.717, 1.165) is 38.5 Å². The molecule has 4 heteroatoms. The predicted molar refractivity (Wildman–Crippen MR) is 113 cm³/mol. The molecule has 0 aromatic carbocycles. The van der Waals surface area contributed by atoms with Crippen molar-refractivity contribution in [3.8, 4) is 0 Å². The summed E-state index contributed by atoms with van der Waals surface area (Å²) in [6, 6.07) is 0. The van der Waals surface area contributed by atoms with E-state index in [0.29, 0.717) is 18.3 Å².